The summed E-state index contributed by atoms with van der Waals surface area (Å²) in [5.41, 5.74) is 2.40. The number of aliphatic hydroxyl groups excluding tert-OH is 1. The van der Waals surface area contributed by atoms with E-state index in [4.69, 9.17) is 9.15 Å². The predicted molar refractivity (Wildman–Crippen MR) is 76.6 cm³/mol. The third kappa shape index (κ3) is 2.65. The molecular weight excluding hydrogens is 254 g/mol. The Labute approximate surface area is 116 Å². The van der Waals surface area contributed by atoms with Crippen molar-refractivity contribution < 1.29 is 14.3 Å². The molecule has 0 radical (unpaired) electrons. The topological polar surface area (TPSA) is 55.5 Å². The van der Waals surface area contributed by atoms with E-state index in [1.54, 1.807) is 6.92 Å². The first-order chi connectivity index (χ1) is 9.72. The first-order valence-electron chi connectivity index (χ1n) is 6.49. The van der Waals surface area contributed by atoms with Gasteiger partial charge >= 0.3 is 0 Å². The highest BCUT2D eigenvalue weighted by molar-refractivity contribution is 5.77. The number of fused-ring (bicyclic) bond motifs is 1. The van der Waals surface area contributed by atoms with E-state index in [0.717, 1.165) is 11.1 Å². The molecule has 1 unspecified atom stereocenters. The lowest BCUT2D eigenvalue weighted by Crippen LogP contribution is -2.12. The van der Waals surface area contributed by atoms with E-state index in [2.05, 4.69) is 4.98 Å². The number of hydrogen-bond donors (Lipinski definition) is 1. The van der Waals surface area contributed by atoms with Gasteiger partial charge in [0.1, 0.15) is 17.9 Å². The van der Waals surface area contributed by atoms with E-state index in [9.17, 15) is 5.11 Å². The van der Waals surface area contributed by atoms with Crippen LogP contribution in [0.5, 0.6) is 5.75 Å². The average Bonchev–Trinajstić information content (AvgIpc) is 2.89. The fraction of sp³-hybridized carbons (Fsp3) is 0.188. The Balaban J connectivity index is 1.91. The van der Waals surface area contributed by atoms with Crippen molar-refractivity contribution in [2.75, 3.05) is 6.61 Å². The minimum absolute atomic E-state index is 0.259. The summed E-state index contributed by atoms with van der Waals surface area (Å²) < 4.78 is 11.2. The number of benzene rings is 2. The molecule has 0 aliphatic rings. The predicted octanol–water partition coefficient (Wildman–Crippen LogP) is 3.25. The lowest BCUT2D eigenvalue weighted by atomic mass is 10.2. The molecule has 1 heterocycles. The highest BCUT2D eigenvalue weighted by atomic mass is 16.5. The zero-order valence-electron chi connectivity index (χ0n) is 11.1. The molecule has 2 aromatic carbocycles. The van der Waals surface area contributed by atoms with Gasteiger partial charge in [-0.25, -0.2) is 4.98 Å². The van der Waals surface area contributed by atoms with Crippen LogP contribution in [-0.2, 0) is 0 Å². The fourth-order valence-corrected chi connectivity index (χ4v) is 1.92. The molecule has 0 fully saturated rings. The molecule has 1 atom stereocenters. The van der Waals surface area contributed by atoms with Crippen molar-refractivity contribution in [3.63, 3.8) is 0 Å². The van der Waals surface area contributed by atoms with Crippen LogP contribution in [0.2, 0.25) is 0 Å². The van der Waals surface area contributed by atoms with Gasteiger partial charge in [0.2, 0.25) is 5.89 Å². The van der Waals surface area contributed by atoms with Crippen LogP contribution in [-0.4, -0.2) is 22.8 Å². The summed E-state index contributed by atoms with van der Waals surface area (Å²) in [6, 6.07) is 15.2. The Kier molecular flexibility index (Phi) is 3.39. The fourth-order valence-electron chi connectivity index (χ4n) is 1.92. The zero-order valence-corrected chi connectivity index (χ0v) is 11.1. The maximum atomic E-state index is 9.22. The summed E-state index contributed by atoms with van der Waals surface area (Å²) in [4.78, 5) is 4.46. The van der Waals surface area contributed by atoms with Crippen LogP contribution >= 0.6 is 0 Å². The van der Waals surface area contributed by atoms with Gasteiger partial charge in [0, 0.05) is 11.6 Å². The van der Waals surface area contributed by atoms with Crippen LogP contribution < -0.4 is 4.74 Å². The van der Waals surface area contributed by atoms with Crippen LogP contribution in [0, 0.1) is 0 Å². The Morgan fingerprint density at radius 3 is 2.75 bits per heavy atom. The molecule has 102 valence electrons. The third-order valence-electron chi connectivity index (χ3n) is 2.87. The summed E-state index contributed by atoms with van der Waals surface area (Å²) in [6.07, 6.45) is -0.497. The molecule has 0 spiro atoms. The maximum Gasteiger partial charge on any atom is 0.227 e. The number of aromatic nitrogens is 1. The average molecular weight is 269 g/mol. The van der Waals surface area contributed by atoms with E-state index in [0.29, 0.717) is 17.2 Å². The Morgan fingerprint density at radius 2 is 2.00 bits per heavy atom. The highest BCUT2D eigenvalue weighted by Crippen LogP contribution is 2.26. The number of oxazole rings is 1. The first kappa shape index (κ1) is 12.7. The molecular formula is C16H15NO3. The van der Waals surface area contributed by atoms with E-state index in [1.165, 1.54) is 0 Å². The molecule has 0 saturated carbocycles. The summed E-state index contributed by atoms with van der Waals surface area (Å²) in [7, 11) is 0. The van der Waals surface area contributed by atoms with Crippen molar-refractivity contribution in [3.8, 4) is 17.2 Å². The third-order valence-corrected chi connectivity index (χ3v) is 2.87. The van der Waals surface area contributed by atoms with E-state index < -0.39 is 6.10 Å². The van der Waals surface area contributed by atoms with Gasteiger partial charge in [0.25, 0.3) is 0 Å². The van der Waals surface area contributed by atoms with Gasteiger partial charge in [0.05, 0.1) is 6.10 Å². The van der Waals surface area contributed by atoms with E-state index >= 15 is 0 Å². The molecule has 0 aliphatic heterocycles. The van der Waals surface area contributed by atoms with Crippen LogP contribution in [0.3, 0.4) is 0 Å². The molecule has 20 heavy (non-hydrogen) atoms. The molecule has 3 aromatic rings. The summed E-state index contributed by atoms with van der Waals surface area (Å²) in [5.74, 6) is 1.26. The summed E-state index contributed by atoms with van der Waals surface area (Å²) in [6.45, 7) is 1.94. The lowest BCUT2D eigenvalue weighted by Gasteiger charge is -2.07. The second kappa shape index (κ2) is 5.35. The number of rotatable bonds is 4. The van der Waals surface area contributed by atoms with Crippen molar-refractivity contribution in [3.05, 3.63) is 48.5 Å². The molecule has 3 rings (SSSR count). The number of aliphatic hydroxyl groups is 1. The second-order valence-electron chi connectivity index (χ2n) is 4.67. The number of nitrogens with zero attached hydrogens (tertiary/aromatic N) is 1. The number of hydrogen-bond acceptors (Lipinski definition) is 4. The van der Waals surface area contributed by atoms with Crippen molar-refractivity contribution in [2.45, 2.75) is 13.0 Å². The molecule has 4 nitrogen and oxygen atoms in total. The Morgan fingerprint density at radius 1 is 1.20 bits per heavy atom. The van der Waals surface area contributed by atoms with Crippen LogP contribution in [0.25, 0.3) is 22.6 Å². The minimum atomic E-state index is -0.497. The minimum Gasteiger partial charge on any atom is -0.491 e. The van der Waals surface area contributed by atoms with E-state index in [-0.39, 0.29) is 6.61 Å². The van der Waals surface area contributed by atoms with Gasteiger partial charge in [-0.3, -0.25) is 0 Å². The van der Waals surface area contributed by atoms with Crippen LogP contribution in [0.15, 0.2) is 52.9 Å². The quantitative estimate of drug-likeness (QED) is 0.790. The van der Waals surface area contributed by atoms with Crippen molar-refractivity contribution in [1.82, 2.24) is 4.98 Å². The van der Waals surface area contributed by atoms with E-state index in [1.807, 2.05) is 48.5 Å². The molecule has 4 heteroatoms. The van der Waals surface area contributed by atoms with Gasteiger partial charge in [-0.2, -0.15) is 0 Å². The zero-order chi connectivity index (χ0) is 13.9. The van der Waals surface area contributed by atoms with Gasteiger partial charge in [0.15, 0.2) is 5.58 Å². The Bertz CT molecular complexity index is 704. The SMILES string of the molecule is CC(O)COc1ccc2oc(-c3ccccc3)nc2c1. The van der Waals surface area contributed by atoms with Crippen LogP contribution in [0.4, 0.5) is 0 Å². The van der Waals surface area contributed by atoms with Crippen molar-refractivity contribution >= 4 is 11.1 Å². The normalized spacial score (nSPS) is 12.5. The van der Waals surface area contributed by atoms with Gasteiger partial charge < -0.3 is 14.3 Å². The molecule has 0 amide bonds. The molecule has 0 aliphatic carbocycles. The first-order valence-corrected chi connectivity index (χ1v) is 6.49. The molecule has 1 N–H and O–H groups in total. The molecule has 0 saturated heterocycles. The van der Waals surface area contributed by atoms with Gasteiger partial charge in [-0.1, -0.05) is 18.2 Å². The van der Waals surface area contributed by atoms with Gasteiger partial charge in [-0.05, 0) is 31.2 Å². The van der Waals surface area contributed by atoms with Gasteiger partial charge in [-0.15, -0.1) is 0 Å². The summed E-state index contributed by atoms with van der Waals surface area (Å²) in [5, 5.41) is 9.22. The molecule has 0 bridgehead atoms. The lowest BCUT2D eigenvalue weighted by molar-refractivity contribution is 0.123. The standard InChI is InChI=1S/C16H15NO3/c1-11(18)10-19-13-7-8-15-14(9-13)17-16(20-15)12-5-3-2-4-6-12/h2-9,11,18H,10H2,1H3. The van der Waals surface area contributed by atoms with Crippen molar-refractivity contribution in [1.29, 1.82) is 0 Å². The van der Waals surface area contributed by atoms with Crippen molar-refractivity contribution in [2.24, 2.45) is 0 Å². The Hall–Kier alpha value is -2.33. The highest BCUT2D eigenvalue weighted by Gasteiger charge is 2.09. The monoisotopic (exact) mass is 269 g/mol. The number of ether oxygens (including phenoxy) is 1. The second-order valence-corrected chi connectivity index (χ2v) is 4.67. The maximum absolute atomic E-state index is 9.22. The van der Waals surface area contributed by atoms with Crippen LogP contribution in [0.1, 0.15) is 6.92 Å². The largest absolute Gasteiger partial charge is 0.491 e. The smallest absolute Gasteiger partial charge is 0.227 e. The summed E-state index contributed by atoms with van der Waals surface area (Å²) >= 11 is 0. The molecule has 1 aromatic heterocycles.